The van der Waals surface area contributed by atoms with Crippen molar-refractivity contribution in [3.05, 3.63) is 35.4 Å². The molecule has 0 aliphatic heterocycles. The van der Waals surface area contributed by atoms with Crippen molar-refractivity contribution < 1.29 is 13.2 Å². The highest BCUT2D eigenvalue weighted by Crippen LogP contribution is 2.33. The Labute approximate surface area is 116 Å². The van der Waals surface area contributed by atoms with Crippen LogP contribution in [0.15, 0.2) is 29.3 Å². The molecule has 20 heavy (non-hydrogen) atoms. The van der Waals surface area contributed by atoms with Crippen molar-refractivity contribution in [2.45, 2.75) is 24.9 Å². The van der Waals surface area contributed by atoms with Gasteiger partial charge in [0.05, 0.1) is 6.42 Å². The van der Waals surface area contributed by atoms with Crippen LogP contribution in [0.3, 0.4) is 0 Å². The predicted octanol–water partition coefficient (Wildman–Crippen LogP) is 2.44. The number of guanidine groups is 1. The van der Waals surface area contributed by atoms with Crippen LogP contribution in [-0.4, -0.2) is 32.3 Å². The second kappa shape index (κ2) is 6.15. The van der Waals surface area contributed by atoms with Crippen LogP contribution in [0.5, 0.6) is 0 Å². The first kappa shape index (κ1) is 14.7. The van der Waals surface area contributed by atoms with Crippen LogP contribution in [0.2, 0.25) is 0 Å². The molecule has 0 radical (unpaired) electrons. The van der Waals surface area contributed by atoms with E-state index in [0.717, 1.165) is 6.42 Å². The lowest BCUT2D eigenvalue weighted by Crippen LogP contribution is -2.42. The molecular formula is C14H18F3N3. The quantitative estimate of drug-likeness (QED) is 0.658. The van der Waals surface area contributed by atoms with Crippen molar-refractivity contribution in [3.63, 3.8) is 0 Å². The summed E-state index contributed by atoms with van der Waals surface area (Å²) in [4.78, 5) is 3.92. The Bertz CT molecular complexity index is 483. The predicted molar refractivity (Wildman–Crippen MR) is 72.9 cm³/mol. The van der Waals surface area contributed by atoms with Crippen molar-refractivity contribution in [3.8, 4) is 0 Å². The Morgan fingerprint density at radius 2 is 2.05 bits per heavy atom. The molecule has 3 nitrogen and oxygen atoms in total. The van der Waals surface area contributed by atoms with Crippen molar-refractivity contribution in [2.75, 3.05) is 20.1 Å². The van der Waals surface area contributed by atoms with Crippen molar-refractivity contribution in [1.82, 2.24) is 10.6 Å². The summed E-state index contributed by atoms with van der Waals surface area (Å²) in [7, 11) is 1.55. The van der Waals surface area contributed by atoms with Crippen LogP contribution in [0, 0.1) is 0 Å². The third-order valence-corrected chi connectivity index (χ3v) is 3.40. The molecule has 1 atom stereocenters. The van der Waals surface area contributed by atoms with E-state index in [1.807, 2.05) is 12.1 Å². The molecule has 1 aliphatic carbocycles. The van der Waals surface area contributed by atoms with E-state index in [4.69, 9.17) is 0 Å². The third-order valence-electron chi connectivity index (χ3n) is 3.40. The molecular weight excluding hydrogens is 267 g/mol. The lowest BCUT2D eigenvalue weighted by molar-refractivity contribution is -0.132. The highest BCUT2D eigenvalue weighted by atomic mass is 19.4. The van der Waals surface area contributed by atoms with Crippen LogP contribution in [-0.2, 0) is 6.42 Å². The number of hydrogen-bond donors (Lipinski definition) is 2. The fourth-order valence-corrected chi connectivity index (χ4v) is 2.31. The summed E-state index contributed by atoms with van der Waals surface area (Å²) in [6, 6.07) is 8.20. The van der Waals surface area contributed by atoms with Crippen LogP contribution in [0.4, 0.5) is 13.2 Å². The standard InChI is InChI=1S/C14H18F3N3/c1-18-13(19-7-6-14(15,16)17)20-9-11-8-10-4-2-3-5-12(10)11/h2-5,11H,6-9H2,1H3,(H2,18,19,20). The number of hydrogen-bond acceptors (Lipinski definition) is 1. The van der Waals surface area contributed by atoms with E-state index < -0.39 is 12.6 Å². The van der Waals surface area contributed by atoms with E-state index in [1.165, 1.54) is 11.1 Å². The Kier molecular flexibility index (Phi) is 4.52. The molecule has 1 aliphatic rings. The first-order valence-corrected chi connectivity index (χ1v) is 6.58. The highest BCUT2D eigenvalue weighted by Gasteiger charge is 2.27. The molecule has 0 aromatic heterocycles. The molecule has 0 heterocycles. The Morgan fingerprint density at radius 1 is 1.30 bits per heavy atom. The van der Waals surface area contributed by atoms with Gasteiger partial charge >= 0.3 is 6.18 Å². The molecule has 0 amide bonds. The van der Waals surface area contributed by atoms with Gasteiger partial charge in [-0.05, 0) is 17.5 Å². The minimum absolute atomic E-state index is 0.162. The van der Waals surface area contributed by atoms with Crippen molar-refractivity contribution in [2.24, 2.45) is 4.99 Å². The number of alkyl halides is 3. The highest BCUT2D eigenvalue weighted by molar-refractivity contribution is 5.79. The molecule has 110 valence electrons. The van der Waals surface area contributed by atoms with Gasteiger partial charge in [0.1, 0.15) is 0 Å². The van der Waals surface area contributed by atoms with Gasteiger partial charge in [0, 0.05) is 26.1 Å². The molecule has 0 saturated heterocycles. The average Bonchev–Trinajstić information content (AvgIpc) is 2.36. The molecule has 6 heteroatoms. The number of rotatable bonds is 4. The fourth-order valence-electron chi connectivity index (χ4n) is 2.31. The topological polar surface area (TPSA) is 36.4 Å². The first-order valence-electron chi connectivity index (χ1n) is 6.58. The third kappa shape index (κ3) is 3.88. The summed E-state index contributed by atoms with van der Waals surface area (Å²) < 4.78 is 36.2. The zero-order valence-electron chi connectivity index (χ0n) is 11.3. The second-order valence-corrected chi connectivity index (χ2v) is 4.84. The number of aliphatic imine (C=N–C) groups is 1. The minimum atomic E-state index is -4.14. The van der Waals surface area contributed by atoms with Crippen LogP contribution in [0.1, 0.15) is 23.5 Å². The molecule has 0 saturated carbocycles. The van der Waals surface area contributed by atoms with Crippen LogP contribution in [0.25, 0.3) is 0 Å². The second-order valence-electron chi connectivity index (χ2n) is 4.84. The smallest absolute Gasteiger partial charge is 0.356 e. The van der Waals surface area contributed by atoms with E-state index in [0.29, 0.717) is 18.4 Å². The van der Waals surface area contributed by atoms with Gasteiger partial charge in [-0.15, -0.1) is 0 Å². The molecule has 2 N–H and O–H groups in total. The Hall–Kier alpha value is -1.72. The van der Waals surface area contributed by atoms with Crippen molar-refractivity contribution in [1.29, 1.82) is 0 Å². The van der Waals surface area contributed by atoms with Gasteiger partial charge in [-0.1, -0.05) is 24.3 Å². The normalized spacial score (nSPS) is 18.2. The van der Waals surface area contributed by atoms with Crippen molar-refractivity contribution >= 4 is 5.96 Å². The minimum Gasteiger partial charge on any atom is -0.356 e. The maximum atomic E-state index is 12.1. The number of nitrogens with zero attached hydrogens (tertiary/aromatic N) is 1. The van der Waals surface area contributed by atoms with E-state index in [9.17, 15) is 13.2 Å². The first-order chi connectivity index (χ1) is 9.49. The molecule has 1 unspecified atom stereocenters. The largest absolute Gasteiger partial charge is 0.390 e. The van der Waals surface area contributed by atoms with Gasteiger partial charge in [-0.2, -0.15) is 13.2 Å². The zero-order chi connectivity index (χ0) is 14.6. The van der Waals surface area contributed by atoms with Gasteiger partial charge in [0.25, 0.3) is 0 Å². The monoisotopic (exact) mass is 285 g/mol. The average molecular weight is 285 g/mol. The van der Waals surface area contributed by atoms with Gasteiger partial charge < -0.3 is 10.6 Å². The molecule has 0 bridgehead atoms. The van der Waals surface area contributed by atoms with E-state index in [1.54, 1.807) is 7.05 Å². The molecule has 0 spiro atoms. The number of fused-ring (bicyclic) bond motifs is 1. The lowest BCUT2D eigenvalue weighted by Gasteiger charge is -2.30. The van der Waals surface area contributed by atoms with E-state index in [-0.39, 0.29) is 6.54 Å². The molecule has 1 aromatic rings. The maximum absolute atomic E-state index is 12.1. The summed E-state index contributed by atoms with van der Waals surface area (Å²) in [6.07, 6.45) is -4.00. The molecule has 1 aromatic carbocycles. The number of halogens is 3. The zero-order valence-corrected chi connectivity index (χ0v) is 11.3. The summed E-state index contributed by atoms with van der Waals surface area (Å²) in [6.45, 7) is 0.521. The van der Waals surface area contributed by atoms with Gasteiger partial charge in [-0.25, -0.2) is 0 Å². The summed E-state index contributed by atoms with van der Waals surface area (Å²) >= 11 is 0. The summed E-state index contributed by atoms with van der Waals surface area (Å²) in [5.41, 5.74) is 2.66. The van der Waals surface area contributed by atoms with E-state index in [2.05, 4.69) is 27.8 Å². The summed E-state index contributed by atoms with van der Waals surface area (Å²) in [5.74, 6) is 0.825. The number of benzene rings is 1. The Morgan fingerprint density at radius 3 is 2.70 bits per heavy atom. The number of nitrogens with one attached hydrogen (secondary N) is 2. The Balaban J connectivity index is 1.73. The molecule has 2 rings (SSSR count). The SMILES string of the molecule is CN=C(NCCC(F)(F)F)NCC1Cc2ccccc21. The van der Waals surface area contributed by atoms with Crippen LogP contribution >= 0.6 is 0 Å². The summed E-state index contributed by atoms with van der Waals surface area (Å²) in [5, 5.41) is 5.74. The van der Waals surface area contributed by atoms with Gasteiger partial charge in [0.15, 0.2) is 5.96 Å². The van der Waals surface area contributed by atoms with Crippen LogP contribution < -0.4 is 10.6 Å². The fraction of sp³-hybridized carbons (Fsp3) is 0.500. The van der Waals surface area contributed by atoms with Gasteiger partial charge in [0.2, 0.25) is 0 Å². The van der Waals surface area contributed by atoms with E-state index >= 15 is 0 Å². The molecule has 0 fully saturated rings. The van der Waals surface area contributed by atoms with Gasteiger partial charge in [-0.3, -0.25) is 4.99 Å². The maximum Gasteiger partial charge on any atom is 0.390 e. The lowest BCUT2D eigenvalue weighted by atomic mass is 9.78.